The van der Waals surface area contributed by atoms with Gasteiger partial charge in [0.25, 0.3) is 0 Å². The number of rotatable bonds is 4. The highest BCUT2D eigenvalue weighted by Crippen LogP contribution is 2.30. The minimum atomic E-state index is -4.53. The number of pyridine rings is 1. The van der Waals surface area contributed by atoms with Gasteiger partial charge < -0.3 is 4.90 Å². The van der Waals surface area contributed by atoms with Crippen LogP contribution in [0, 0.1) is 11.3 Å². The van der Waals surface area contributed by atoms with Crippen molar-refractivity contribution in [2.75, 3.05) is 18.5 Å². The average molecular weight is 312 g/mol. The van der Waals surface area contributed by atoms with Crippen molar-refractivity contribution < 1.29 is 13.2 Å². The van der Waals surface area contributed by atoms with E-state index in [-0.39, 0.29) is 11.4 Å². The Labute approximate surface area is 123 Å². The number of hydrogen-bond donors (Lipinski definition) is 0. The van der Waals surface area contributed by atoms with Gasteiger partial charge in [0.05, 0.1) is 10.6 Å². The van der Waals surface area contributed by atoms with E-state index in [0.717, 1.165) is 17.1 Å². The molecule has 0 saturated heterocycles. The molecule has 2 heterocycles. The van der Waals surface area contributed by atoms with Gasteiger partial charge in [-0.1, -0.05) is 0 Å². The van der Waals surface area contributed by atoms with Gasteiger partial charge in [0.2, 0.25) is 0 Å². The van der Waals surface area contributed by atoms with Gasteiger partial charge in [0.15, 0.2) is 0 Å². The van der Waals surface area contributed by atoms with Crippen LogP contribution in [0.1, 0.15) is 16.3 Å². The topological polar surface area (TPSA) is 52.8 Å². The summed E-state index contributed by atoms with van der Waals surface area (Å²) in [6.45, 7) is 0.427. The molecule has 8 heteroatoms. The van der Waals surface area contributed by atoms with Crippen LogP contribution in [-0.4, -0.2) is 23.6 Å². The monoisotopic (exact) mass is 312 g/mol. The van der Waals surface area contributed by atoms with Crippen LogP contribution in [0.5, 0.6) is 0 Å². The molecular formula is C13H11F3N4S. The van der Waals surface area contributed by atoms with E-state index < -0.39 is 11.9 Å². The highest BCUT2D eigenvalue weighted by molar-refractivity contribution is 7.09. The maximum Gasteiger partial charge on any atom is 0.433 e. The lowest BCUT2D eigenvalue weighted by Gasteiger charge is -2.20. The quantitative estimate of drug-likeness (QED) is 0.870. The number of hydrogen-bond acceptors (Lipinski definition) is 5. The Morgan fingerprint density at radius 3 is 2.71 bits per heavy atom. The number of thiazole rings is 1. The minimum absolute atomic E-state index is 0.0314. The van der Waals surface area contributed by atoms with Gasteiger partial charge in [-0.15, -0.1) is 11.3 Å². The van der Waals surface area contributed by atoms with E-state index >= 15 is 0 Å². The third-order valence-corrected chi connectivity index (χ3v) is 3.63. The third-order valence-electron chi connectivity index (χ3n) is 2.79. The van der Waals surface area contributed by atoms with Crippen molar-refractivity contribution >= 4 is 17.2 Å². The number of likely N-dealkylation sites (N-methyl/N-ethyl adjacent to an activating group) is 1. The fourth-order valence-electron chi connectivity index (χ4n) is 1.73. The Balaban J connectivity index is 2.22. The molecule has 2 aromatic rings. The molecule has 0 unspecified atom stereocenters. The van der Waals surface area contributed by atoms with Crippen molar-refractivity contribution in [1.82, 2.24) is 9.97 Å². The van der Waals surface area contributed by atoms with Crippen LogP contribution in [0.15, 0.2) is 23.7 Å². The molecule has 0 spiro atoms. The van der Waals surface area contributed by atoms with E-state index in [1.807, 2.05) is 11.4 Å². The summed E-state index contributed by atoms with van der Waals surface area (Å²) in [6, 6.07) is 3.82. The van der Waals surface area contributed by atoms with E-state index in [1.165, 1.54) is 16.2 Å². The molecule has 110 valence electrons. The van der Waals surface area contributed by atoms with Crippen molar-refractivity contribution in [3.8, 4) is 6.07 Å². The first-order valence-corrected chi connectivity index (χ1v) is 6.87. The lowest BCUT2D eigenvalue weighted by molar-refractivity contribution is -0.141. The van der Waals surface area contributed by atoms with Gasteiger partial charge in [-0.2, -0.15) is 18.4 Å². The number of nitrogens with zero attached hydrogens (tertiary/aromatic N) is 4. The predicted molar refractivity (Wildman–Crippen MR) is 73.0 cm³/mol. The molecule has 0 aromatic carbocycles. The number of aromatic nitrogens is 2. The van der Waals surface area contributed by atoms with Gasteiger partial charge in [0.1, 0.15) is 17.6 Å². The summed E-state index contributed by atoms with van der Waals surface area (Å²) in [6.07, 6.45) is -2.28. The van der Waals surface area contributed by atoms with Crippen molar-refractivity contribution in [2.24, 2.45) is 0 Å². The van der Waals surface area contributed by atoms with E-state index in [0.29, 0.717) is 13.0 Å². The van der Waals surface area contributed by atoms with Crippen molar-refractivity contribution in [2.45, 2.75) is 12.6 Å². The van der Waals surface area contributed by atoms with Gasteiger partial charge >= 0.3 is 6.18 Å². The maximum absolute atomic E-state index is 12.7. The Hall–Kier alpha value is -2.14. The molecule has 4 nitrogen and oxygen atoms in total. The number of alkyl halides is 3. The standard InChI is InChI=1S/C13H11F3N4S/c1-20(6-4-11-18-5-7-21-11)12-9(8-17)2-3-10(19-12)13(14,15)16/h2-3,5,7H,4,6H2,1H3. The second kappa shape index (κ2) is 6.10. The fraction of sp³-hybridized carbons (Fsp3) is 0.308. The van der Waals surface area contributed by atoms with E-state index in [4.69, 9.17) is 5.26 Å². The van der Waals surface area contributed by atoms with Gasteiger partial charge in [-0.05, 0) is 12.1 Å². The summed E-state index contributed by atoms with van der Waals surface area (Å²) >= 11 is 1.47. The highest BCUT2D eigenvalue weighted by Gasteiger charge is 2.33. The largest absolute Gasteiger partial charge is 0.433 e. The molecule has 0 aliphatic rings. The minimum Gasteiger partial charge on any atom is -0.358 e. The van der Waals surface area contributed by atoms with Crippen LogP contribution in [0.3, 0.4) is 0 Å². The zero-order valence-electron chi connectivity index (χ0n) is 11.1. The molecule has 0 radical (unpaired) electrons. The van der Waals surface area contributed by atoms with Crippen molar-refractivity contribution in [1.29, 1.82) is 5.26 Å². The Morgan fingerprint density at radius 1 is 1.38 bits per heavy atom. The Kier molecular flexibility index (Phi) is 4.43. The first-order valence-electron chi connectivity index (χ1n) is 5.99. The number of nitriles is 1. The molecule has 0 aliphatic carbocycles. The summed E-state index contributed by atoms with van der Waals surface area (Å²) in [4.78, 5) is 9.22. The molecule has 0 amide bonds. The summed E-state index contributed by atoms with van der Waals surface area (Å²) in [5, 5.41) is 11.7. The second-order valence-electron chi connectivity index (χ2n) is 4.27. The van der Waals surface area contributed by atoms with Crippen LogP contribution in [-0.2, 0) is 12.6 Å². The van der Waals surface area contributed by atoms with E-state index in [9.17, 15) is 13.2 Å². The Bertz CT molecular complexity index is 646. The molecule has 0 atom stereocenters. The lowest BCUT2D eigenvalue weighted by Crippen LogP contribution is -2.24. The molecule has 0 saturated carbocycles. The van der Waals surface area contributed by atoms with E-state index in [2.05, 4.69) is 9.97 Å². The van der Waals surface area contributed by atoms with Crippen LogP contribution in [0.4, 0.5) is 19.0 Å². The molecule has 0 bridgehead atoms. The van der Waals surface area contributed by atoms with Crippen molar-refractivity contribution in [3.05, 3.63) is 40.0 Å². The molecule has 2 rings (SSSR count). The summed E-state index contributed by atoms with van der Waals surface area (Å²) in [7, 11) is 1.61. The van der Waals surface area contributed by atoms with Crippen LogP contribution in [0.2, 0.25) is 0 Å². The molecular weight excluding hydrogens is 301 g/mol. The van der Waals surface area contributed by atoms with Gasteiger partial charge in [-0.25, -0.2) is 9.97 Å². The Morgan fingerprint density at radius 2 is 2.14 bits per heavy atom. The summed E-state index contributed by atoms with van der Waals surface area (Å²) in [5.41, 5.74) is -0.887. The first-order chi connectivity index (χ1) is 9.91. The number of anilines is 1. The van der Waals surface area contributed by atoms with E-state index in [1.54, 1.807) is 13.2 Å². The highest BCUT2D eigenvalue weighted by atomic mass is 32.1. The zero-order chi connectivity index (χ0) is 15.5. The normalized spacial score (nSPS) is 11.2. The predicted octanol–water partition coefficient (Wildman–Crippen LogP) is 3.11. The van der Waals surface area contributed by atoms with Crippen LogP contribution in [0.25, 0.3) is 0 Å². The number of halogens is 3. The average Bonchev–Trinajstić information content (AvgIpc) is 2.96. The fourth-order valence-corrected chi connectivity index (χ4v) is 2.34. The first kappa shape index (κ1) is 15.3. The van der Waals surface area contributed by atoms with Gasteiger partial charge in [0, 0.05) is 31.6 Å². The molecule has 0 aliphatic heterocycles. The maximum atomic E-state index is 12.7. The molecule has 21 heavy (non-hydrogen) atoms. The molecule has 2 aromatic heterocycles. The van der Waals surface area contributed by atoms with Crippen molar-refractivity contribution in [3.63, 3.8) is 0 Å². The van der Waals surface area contributed by atoms with Crippen LogP contribution < -0.4 is 4.90 Å². The smallest absolute Gasteiger partial charge is 0.358 e. The zero-order valence-corrected chi connectivity index (χ0v) is 11.9. The van der Waals surface area contributed by atoms with Crippen LogP contribution >= 0.6 is 11.3 Å². The summed E-state index contributed by atoms with van der Waals surface area (Å²) in [5.74, 6) is 0.0314. The second-order valence-corrected chi connectivity index (χ2v) is 5.25. The van der Waals surface area contributed by atoms with Gasteiger partial charge in [-0.3, -0.25) is 0 Å². The third kappa shape index (κ3) is 3.70. The molecule has 0 N–H and O–H groups in total. The molecule has 0 fully saturated rings. The SMILES string of the molecule is CN(CCc1nccs1)c1nc(C(F)(F)F)ccc1C#N. The summed E-state index contributed by atoms with van der Waals surface area (Å²) < 4.78 is 38.1. The lowest BCUT2D eigenvalue weighted by atomic mass is 10.2.